The van der Waals surface area contributed by atoms with E-state index in [0.29, 0.717) is 28.8 Å². The van der Waals surface area contributed by atoms with Crippen LogP contribution in [0.25, 0.3) is 0 Å². The molecule has 4 heteroatoms. The van der Waals surface area contributed by atoms with Crippen molar-refractivity contribution in [2.24, 2.45) is 0 Å². The van der Waals surface area contributed by atoms with E-state index in [-0.39, 0.29) is 17.6 Å². The van der Waals surface area contributed by atoms with Crippen molar-refractivity contribution < 1.29 is 14.4 Å². The molecule has 2 aromatic carbocycles. The summed E-state index contributed by atoms with van der Waals surface area (Å²) in [6, 6.07) is 13.3. The van der Waals surface area contributed by atoms with Crippen LogP contribution in [0.4, 0.5) is 5.69 Å². The first-order chi connectivity index (χ1) is 10.1. The highest BCUT2D eigenvalue weighted by Gasteiger charge is 2.36. The van der Waals surface area contributed by atoms with Gasteiger partial charge < -0.3 is 0 Å². The van der Waals surface area contributed by atoms with Gasteiger partial charge in [-0.3, -0.25) is 14.4 Å². The number of hydrogen-bond acceptors (Lipinski definition) is 3. The van der Waals surface area contributed by atoms with E-state index in [2.05, 4.69) is 0 Å². The standard InChI is InChI=1S/C17H13NO3/c1-2-15(19)11-6-5-7-12(10-11)18-16(20)13-8-3-4-9-14(13)17(18)21/h3-10H,2H2,1H3. The molecule has 2 aromatic rings. The summed E-state index contributed by atoms with van der Waals surface area (Å²) in [6.07, 6.45) is 0.381. The smallest absolute Gasteiger partial charge is 0.266 e. The Morgan fingerprint density at radius 2 is 1.57 bits per heavy atom. The number of amides is 2. The fourth-order valence-electron chi connectivity index (χ4n) is 2.45. The fourth-order valence-corrected chi connectivity index (χ4v) is 2.45. The number of fused-ring (bicyclic) bond motifs is 1. The molecule has 0 radical (unpaired) electrons. The summed E-state index contributed by atoms with van der Waals surface area (Å²) in [5.74, 6) is -0.721. The summed E-state index contributed by atoms with van der Waals surface area (Å²) in [4.78, 5) is 37.7. The van der Waals surface area contributed by atoms with Crippen LogP contribution in [0.2, 0.25) is 0 Å². The highest BCUT2D eigenvalue weighted by Crippen LogP contribution is 2.28. The van der Waals surface area contributed by atoms with Crippen LogP contribution in [0, 0.1) is 0 Å². The number of anilines is 1. The zero-order valence-corrected chi connectivity index (χ0v) is 11.5. The highest BCUT2D eigenvalue weighted by atomic mass is 16.2. The monoisotopic (exact) mass is 279 g/mol. The second-order valence-electron chi connectivity index (χ2n) is 4.82. The summed E-state index contributed by atoms with van der Waals surface area (Å²) in [5.41, 5.74) is 1.73. The van der Waals surface area contributed by atoms with Gasteiger partial charge in [-0.15, -0.1) is 0 Å². The largest absolute Gasteiger partial charge is 0.294 e. The van der Waals surface area contributed by atoms with Gasteiger partial charge in [-0.2, -0.15) is 0 Å². The van der Waals surface area contributed by atoms with Crippen LogP contribution < -0.4 is 4.90 Å². The summed E-state index contributed by atoms with van der Waals surface area (Å²) >= 11 is 0. The minimum Gasteiger partial charge on any atom is -0.294 e. The van der Waals surface area contributed by atoms with E-state index in [9.17, 15) is 14.4 Å². The molecule has 0 fully saturated rings. The van der Waals surface area contributed by atoms with Crippen molar-refractivity contribution in [3.05, 3.63) is 65.2 Å². The molecule has 1 aliphatic rings. The topological polar surface area (TPSA) is 54.5 Å². The number of hydrogen-bond donors (Lipinski definition) is 0. The molecule has 0 saturated carbocycles. The molecule has 21 heavy (non-hydrogen) atoms. The zero-order valence-electron chi connectivity index (χ0n) is 11.5. The van der Waals surface area contributed by atoms with E-state index in [1.807, 2.05) is 0 Å². The van der Waals surface area contributed by atoms with Crippen molar-refractivity contribution >= 4 is 23.3 Å². The normalized spacial score (nSPS) is 13.5. The highest BCUT2D eigenvalue weighted by molar-refractivity contribution is 6.34. The first-order valence-electron chi connectivity index (χ1n) is 6.74. The van der Waals surface area contributed by atoms with Gasteiger partial charge in [0.05, 0.1) is 16.8 Å². The van der Waals surface area contributed by atoms with Crippen molar-refractivity contribution in [1.29, 1.82) is 0 Å². The predicted molar refractivity (Wildman–Crippen MR) is 78.6 cm³/mol. The minimum absolute atomic E-state index is 0.0199. The van der Waals surface area contributed by atoms with Crippen LogP contribution >= 0.6 is 0 Å². The Hall–Kier alpha value is -2.75. The molecule has 1 aliphatic heterocycles. The Balaban J connectivity index is 2.05. The molecule has 0 aliphatic carbocycles. The Morgan fingerprint density at radius 3 is 2.14 bits per heavy atom. The molecule has 4 nitrogen and oxygen atoms in total. The molecule has 0 atom stereocenters. The van der Waals surface area contributed by atoms with E-state index in [0.717, 1.165) is 4.90 Å². The lowest BCUT2D eigenvalue weighted by Gasteiger charge is -2.14. The summed E-state index contributed by atoms with van der Waals surface area (Å²) in [6.45, 7) is 1.77. The zero-order chi connectivity index (χ0) is 15.0. The number of nitrogens with zero attached hydrogens (tertiary/aromatic N) is 1. The van der Waals surface area contributed by atoms with Gasteiger partial charge in [0.25, 0.3) is 11.8 Å². The average molecular weight is 279 g/mol. The molecule has 0 spiro atoms. The van der Waals surface area contributed by atoms with Gasteiger partial charge in [-0.25, -0.2) is 4.90 Å². The molecule has 0 bridgehead atoms. The first-order valence-corrected chi connectivity index (χ1v) is 6.74. The third-order valence-corrected chi connectivity index (χ3v) is 3.54. The van der Waals surface area contributed by atoms with E-state index in [4.69, 9.17) is 0 Å². The van der Waals surface area contributed by atoms with Crippen molar-refractivity contribution in [3.63, 3.8) is 0 Å². The molecular weight excluding hydrogens is 266 g/mol. The minimum atomic E-state index is -0.350. The Morgan fingerprint density at radius 1 is 0.952 bits per heavy atom. The van der Waals surface area contributed by atoms with Gasteiger partial charge in [0.2, 0.25) is 0 Å². The Bertz CT molecular complexity index is 729. The molecule has 104 valence electrons. The number of rotatable bonds is 3. The maximum absolute atomic E-state index is 12.4. The predicted octanol–water partition coefficient (Wildman–Crippen LogP) is 3.08. The second kappa shape index (κ2) is 4.98. The number of Topliss-reactive ketones (excluding diaryl/α,β-unsaturated/α-hetero) is 1. The number of carbonyl (C=O) groups is 3. The third-order valence-electron chi connectivity index (χ3n) is 3.54. The Kier molecular flexibility index (Phi) is 3.14. The van der Waals surface area contributed by atoms with Crippen molar-refractivity contribution in [2.45, 2.75) is 13.3 Å². The number of benzene rings is 2. The van der Waals surface area contributed by atoms with Crippen LogP contribution in [0.1, 0.15) is 44.4 Å². The van der Waals surface area contributed by atoms with E-state index in [1.165, 1.54) is 0 Å². The molecule has 0 N–H and O–H groups in total. The van der Waals surface area contributed by atoms with Crippen LogP contribution in [0.15, 0.2) is 48.5 Å². The van der Waals surface area contributed by atoms with Gasteiger partial charge in [0.15, 0.2) is 5.78 Å². The number of ketones is 1. The Labute approximate surface area is 122 Å². The lowest BCUT2D eigenvalue weighted by molar-refractivity contribution is 0.0923. The van der Waals surface area contributed by atoms with Crippen molar-refractivity contribution in [1.82, 2.24) is 0 Å². The lowest BCUT2D eigenvalue weighted by atomic mass is 10.1. The SMILES string of the molecule is CCC(=O)c1cccc(N2C(=O)c3ccccc3C2=O)c1. The van der Waals surface area contributed by atoms with Gasteiger partial charge in [0, 0.05) is 12.0 Å². The van der Waals surface area contributed by atoms with Crippen molar-refractivity contribution in [3.8, 4) is 0 Å². The van der Waals surface area contributed by atoms with E-state index in [1.54, 1.807) is 55.5 Å². The third kappa shape index (κ3) is 2.05. The van der Waals surface area contributed by atoms with Gasteiger partial charge >= 0.3 is 0 Å². The fraction of sp³-hybridized carbons (Fsp3) is 0.118. The molecule has 3 rings (SSSR count). The molecule has 0 aromatic heterocycles. The van der Waals surface area contributed by atoms with Crippen LogP contribution in [0.3, 0.4) is 0 Å². The molecular formula is C17H13NO3. The molecule has 0 saturated heterocycles. The van der Waals surface area contributed by atoms with Gasteiger partial charge in [-0.1, -0.05) is 31.2 Å². The quantitative estimate of drug-likeness (QED) is 0.641. The van der Waals surface area contributed by atoms with Gasteiger partial charge in [-0.05, 0) is 24.3 Å². The molecule has 2 amide bonds. The number of carbonyl (C=O) groups excluding carboxylic acids is 3. The first kappa shape index (κ1) is 13.2. The maximum atomic E-state index is 12.4. The van der Waals surface area contributed by atoms with E-state index < -0.39 is 0 Å². The second-order valence-corrected chi connectivity index (χ2v) is 4.82. The maximum Gasteiger partial charge on any atom is 0.266 e. The van der Waals surface area contributed by atoms with E-state index >= 15 is 0 Å². The van der Waals surface area contributed by atoms with Crippen LogP contribution in [-0.4, -0.2) is 17.6 Å². The van der Waals surface area contributed by atoms with Gasteiger partial charge in [0.1, 0.15) is 0 Å². The van der Waals surface area contributed by atoms with Crippen LogP contribution in [0.5, 0.6) is 0 Å². The lowest BCUT2D eigenvalue weighted by Crippen LogP contribution is -2.29. The summed E-state index contributed by atoms with van der Waals surface area (Å²) in [5, 5.41) is 0. The summed E-state index contributed by atoms with van der Waals surface area (Å²) in [7, 11) is 0. The summed E-state index contributed by atoms with van der Waals surface area (Å²) < 4.78 is 0. The van der Waals surface area contributed by atoms with Crippen LogP contribution in [-0.2, 0) is 0 Å². The van der Waals surface area contributed by atoms with Crippen molar-refractivity contribution in [2.75, 3.05) is 4.90 Å². The molecule has 1 heterocycles. The number of imide groups is 1. The average Bonchev–Trinajstić information content (AvgIpc) is 2.78. The molecule has 0 unspecified atom stereocenters.